The van der Waals surface area contributed by atoms with E-state index < -0.39 is 40.2 Å². The van der Waals surface area contributed by atoms with Crippen molar-refractivity contribution in [3.63, 3.8) is 0 Å². The number of hydrogen-bond donors (Lipinski definition) is 4. The van der Waals surface area contributed by atoms with E-state index in [0.717, 1.165) is 0 Å². The van der Waals surface area contributed by atoms with E-state index in [-0.39, 0.29) is 22.5 Å². The third kappa shape index (κ3) is 4.44. The SMILES string of the molecule is CC(C)(C)CC12NC1(C(=O)NCC(C)(C)O)C(c1cccc(Cl)c1F)C(=O)Nc1cc(Cl)ccc12. The minimum atomic E-state index is -1.54. The van der Waals surface area contributed by atoms with Crippen LogP contribution in [0.4, 0.5) is 10.1 Å². The number of anilines is 1. The summed E-state index contributed by atoms with van der Waals surface area (Å²) in [5.41, 5.74) is -2.88. The van der Waals surface area contributed by atoms with Crippen LogP contribution in [0.3, 0.4) is 0 Å². The monoisotopic (exact) mass is 521 g/mol. The fraction of sp³-hybridized carbons (Fsp3) is 0.462. The van der Waals surface area contributed by atoms with E-state index in [0.29, 0.717) is 22.7 Å². The van der Waals surface area contributed by atoms with Crippen LogP contribution in [0.1, 0.15) is 58.1 Å². The molecule has 2 aromatic rings. The number of hydrogen-bond acceptors (Lipinski definition) is 4. The van der Waals surface area contributed by atoms with Gasteiger partial charge in [0, 0.05) is 22.8 Å². The van der Waals surface area contributed by atoms with Crippen LogP contribution in [0, 0.1) is 11.2 Å². The lowest BCUT2D eigenvalue weighted by molar-refractivity contribution is -0.129. The predicted molar refractivity (Wildman–Crippen MR) is 135 cm³/mol. The van der Waals surface area contributed by atoms with Crippen LogP contribution in [0.5, 0.6) is 0 Å². The summed E-state index contributed by atoms with van der Waals surface area (Å²) in [7, 11) is 0. The molecule has 1 fully saturated rings. The molecule has 2 aliphatic rings. The molecule has 3 unspecified atom stereocenters. The molecule has 2 aliphatic heterocycles. The summed E-state index contributed by atoms with van der Waals surface area (Å²) in [5.74, 6) is -3.08. The molecule has 2 aromatic carbocycles. The highest BCUT2D eigenvalue weighted by Crippen LogP contribution is 2.63. The molecule has 2 heterocycles. The summed E-state index contributed by atoms with van der Waals surface area (Å²) >= 11 is 12.4. The molecular formula is C26H30Cl2FN3O3. The Bertz CT molecular complexity index is 1210. The summed E-state index contributed by atoms with van der Waals surface area (Å²) in [6.45, 7) is 9.18. The van der Waals surface area contributed by atoms with Gasteiger partial charge < -0.3 is 15.7 Å². The standard InChI is InChI=1S/C26H30Cl2FN3O3/c1-23(2,3)12-25-16-10-9-14(27)11-18(16)31-21(33)19(15-7-6-8-17(28)20(15)29)26(25,32-25)22(34)30-13-24(4,5)35/h6-11,19,32,35H,12-13H2,1-5H3,(H,30,34)(H,31,33). The van der Waals surface area contributed by atoms with Gasteiger partial charge in [0.15, 0.2) is 0 Å². The zero-order valence-corrected chi connectivity index (χ0v) is 21.9. The Balaban J connectivity index is 1.99. The van der Waals surface area contributed by atoms with Gasteiger partial charge >= 0.3 is 0 Å². The number of halogens is 3. The molecule has 0 spiro atoms. The lowest BCUT2D eigenvalue weighted by Crippen LogP contribution is -2.52. The Morgan fingerprint density at radius 1 is 1.17 bits per heavy atom. The molecule has 0 saturated carbocycles. The van der Waals surface area contributed by atoms with Crippen LogP contribution < -0.4 is 16.0 Å². The summed E-state index contributed by atoms with van der Waals surface area (Å²) < 4.78 is 15.4. The fourth-order valence-corrected chi connectivity index (χ4v) is 5.66. The second-order valence-corrected chi connectivity index (χ2v) is 12.2. The molecule has 35 heavy (non-hydrogen) atoms. The maximum atomic E-state index is 15.4. The Kier molecular flexibility index (Phi) is 6.24. The Hall–Kier alpha value is -2.19. The average molecular weight is 522 g/mol. The second kappa shape index (κ2) is 8.44. The number of rotatable bonds is 5. The molecule has 0 radical (unpaired) electrons. The molecule has 6 nitrogen and oxygen atoms in total. The van der Waals surface area contributed by atoms with Crippen LogP contribution in [0.25, 0.3) is 0 Å². The van der Waals surface area contributed by atoms with Crippen molar-refractivity contribution < 1.29 is 19.1 Å². The van der Waals surface area contributed by atoms with E-state index in [9.17, 15) is 14.7 Å². The van der Waals surface area contributed by atoms with Crippen molar-refractivity contribution in [2.45, 2.75) is 63.6 Å². The van der Waals surface area contributed by atoms with Crippen molar-refractivity contribution in [1.29, 1.82) is 0 Å². The predicted octanol–water partition coefficient (Wildman–Crippen LogP) is 4.73. The molecule has 0 aromatic heterocycles. The zero-order chi connectivity index (χ0) is 26.0. The lowest BCUT2D eigenvalue weighted by atomic mass is 9.69. The minimum absolute atomic E-state index is 0.00981. The summed E-state index contributed by atoms with van der Waals surface area (Å²) in [5, 5.41) is 19.6. The number of carbonyl (C=O) groups excluding carboxylic acids is 2. The average Bonchev–Trinajstić information content (AvgIpc) is 3.37. The molecule has 188 valence electrons. The van der Waals surface area contributed by atoms with Crippen LogP contribution in [0.15, 0.2) is 36.4 Å². The summed E-state index contributed by atoms with van der Waals surface area (Å²) in [4.78, 5) is 27.8. The molecule has 4 rings (SSSR count). The van der Waals surface area contributed by atoms with Gasteiger partial charge in [-0.3, -0.25) is 14.9 Å². The quantitative estimate of drug-likeness (QED) is 0.427. The molecular weight excluding hydrogens is 492 g/mol. The first-order valence-corrected chi connectivity index (χ1v) is 12.2. The van der Waals surface area contributed by atoms with Crippen molar-refractivity contribution in [2.24, 2.45) is 5.41 Å². The molecule has 2 amide bonds. The lowest BCUT2D eigenvalue weighted by Gasteiger charge is -2.32. The van der Waals surface area contributed by atoms with Crippen LogP contribution in [0.2, 0.25) is 10.0 Å². The number of aliphatic hydroxyl groups is 1. The van der Waals surface area contributed by atoms with Gasteiger partial charge in [0.25, 0.3) is 0 Å². The van der Waals surface area contributed by atoms with Crippen molar-refractivity contribution in [3.05, 3.63) is 63.4 Å². The number of amides is 2. The highest BCUT2D eigenvalue weighted by molar-refractivity contribution is 6.31. The highest BCUT2D eigenvalue weighted by atomic mass is 35.5. The van der Waals surface area contributed by atoms with E-state index in [1.807, 2.05) is 20.8 Å². The third-order valence-corrected chi connectivity index (χ3v) is 7.07. The Morgan fingerprint density at radius 2 is 1.86 bits per heavy atom. The number of fused-ring (bicyclic) bond motifs is 3. The van der Waals surface area contributed by atoms with Crippen molar-refractivity contribution in [1.82, 2.24) is 10.6 Å². The molecule has 1 saturated heterocycles. The molecule has 4 N–H and O–H groups in total. The van der Waals surface area contributed by atoms with E-state index >= 15 is 4.39 Å². The second-order valence-electron chi connectivity index (χ2n) is 11.3. The van der Waals surface area contributed by atoms with Gasteiger partial charge in [0.05, 0.1) is 22.1 Å². The van der Waals surface area contributed by atoms with E-state index in [1.165, 1.54) is 12.1 Å². The topological polar surface area (TPSA) is 100 Å². The van der Waals surface area contributed by atoms with Crippen molar-refractivity contribution >= 4 is 40.7 Å². The van der Waals surface area contributed by atoms with Crippen LogP contribution in [-0.2, 0) is 15.1 Å². The first-order chi connectivity index (χ1) is 16.1. The first-order valence-electron chi connectivity index (χ1n) is 11.5. The summed E-state index contributed by atoms with van der Waals surface area (Å²) in [6.07, 6.45) is 0.457. The number of carbonyl (C=O) groups is 2. The van der Waals surface area contributed by atoms with Crippen molar-refractivity contribution in [2.75, 3.05) is 11.9 Å². The number of benzene rings is 2. The first kappa shape index (κ1) is 25.9. The van der Waals surface area contributed by atoms with Gasteiger partial charge in [-0.2, -0.15) is 0 Å². The van der Waals surface area contributed by atoms with Gasteiger partial charge in [0.1, 0.15) is 11.4 Å². The smallest absolute Gasteiger partial charge is 0.243 e. The van der Waals surface area contributed by atoms with Crippen LogP contribution in [-0.4, -0.2) is 34.6 Å². The normalized spacial score (nSPS) is 25.7. The van der Waals surface area contributed by atoms with Crippen LogP contribution >= 0.6 is 23.2 Å². The Morgan fingerprint density at radius 3 is 2.49 bits per heavy atom. The van der Waals surface area contributed by atoms with E-state index in [1.54, 1.807) is 38.1 Å². The maximum absolute atomic E-state index is 15.4. The fourth-order valence-electron chi connectivity index (χ4n) is 5.31. The maximum Gasteiger partial charge on any atom is 0.243 e. The van der Waals surface area contributed by atoms with Gasteiger partial charge in [-0.25, -0.2) is 4.39 Å². The van der Waals surface area contributed by atoms with Gasteiger partial charge in [-0.15, -0.1) is 0 Å². The van der Waals surface area contributed by atoms with E-state index in [4.69, 9.17) is 23.2 Å². The third-order valence-electron chi connectivity index (χ3n) is 6.54. The largest absolute Gasteiger partial charge is 0.389 e. The minimum Gasteiger partial charge on any atom is -0.389 e. The summed E-state index contributed by atoms with van der Waals surface area (Å²) in [6, 6.07) is 9.55. The van der Waals surface area contributed by atoms with E-state index in [2.05, 4.69) is 16.0 Å². The Labute approximate surface area is 214 Å². The molecule has 9 heteroatoms. The zero-order valence-electron chi connectivity index (χ0n) is 20.4. The van der Waals surface area contributed by atoms with Gasteiger partial charge in [-0.05, 0) is 49.4 Å². The molecule has 0 bridgehead atoms. The highest BCUT2D eigenvalue weighted by Gasteiger charge is 2.79. The van der Waals surface area contributed by atoms with Crippen molar-refractivity contribution in [3.8, 4) is 0 Å². The van der Waals surface area contributed by atoms with Gasteiger partial charge in [0.2, 0.25) is 11.8 Å². The molecule has 0 aliphatic carbocycles. The molecule has 3 atom stereocenters. The number of nitrogens with one attached hydrogen (secondary N) is 3. The van der Waals surface area contributed by atoms with Gasteiger partial charge in [-0.1, -0.05) is 62.2 Å².